The van der Waals surface area contributed by atoms with E-state index in [0.29, 0.717) is 17.1 Å². The molecule has 0 saturated heterocycles. The molecule has 1 aliphatic carbocycles. The molecule has 5 heteroatoms. The Hall–Kier alpha value is -2.95. The molecule has 0 unspecified atom stereocenters. The summed E-state index contributed by atoms with van der Waals surface area (Å²) in [5.74, 6) is 0.715. The van der Waals surface area contributed by atoms with Gasteiger partial charge in [0.2, 0.25) is 5.78 Å². The van der Waals surface area contributed by atoms with Gasteiger partial charge in [-0.3, -0.25) is 14.6 Å². The van der Waals surface area contributed by atoms with Crippen LogP contribution in [-0.2, 0) is 4.79 Å². The lowest BCUT2D eigenvalue weighted by Gasteiger charge is -2.20. The van der Waals surface area contributed by atoms with Crippen molar-refractivity contribution >= 4 is 17.8 Å². The molecule has 0 spiro atoms. The molecule has 5 nitrogen and oxygen atoms in total. The molecule has 0 amide bonds. The van der Waals surface area contributed by atoms with Crippen molar-refractivity contribution < 1.29 is 19.1 Å². The number of carbonyl (C=O) groups is 2. The predicted molar refractivity (Wildman–Crippen MR) is 101 cm³/mol. The number of benzene rings is 1. The fraction of sp³-hybridized carbons (Fsp3) is 0.318. The molecule has 1 aromatic carbocycles. The molecule has 0 N–H and O–H groups in total. The molecule has 1 saturated carbocycles. The smallest absolute Gasteiger partial charge is 0.314 e. The van der Waals surface area contributed by atoms with Crippen molar-refractivity contribution in [2.75, 3.05) is 0 Å². The molecule has 0 radical (unpaired) electrons. The maximum Gasteiger partial charge on any atom is 0.314 e. The number of allylic oxidation sites excluding steroid dienone is 1. The van der Waals surface area contributed by atoms with Gasteiger partial charge in [0.1, 0.15) is 11.5 Å². The zero-order valence-electron chi connectivity index (χ0n) is 15.2. The number of hydrogen-bond acceptors (Lipinski definition) is 5. The highest BCUT2D eigenvalue weighted by molar-refractivity contribution is 6.15. The van der Waals surface area contributed by atoms with Crippen LogP contribution in [0.4, 0.5) is 0 Å². The Morgan fingerprint density at radius 1 is 1.26 bits per heavy atom. The number of rotatable bonds is 3. The first-order chi connectivity index (χ1) is 13.1. The van der Waals surface area contributed by atoms with Crippen molar-refractivity contribution in [1.29, 1.82) is 0 Å². The summed E-state index contributed by atoms with van der Waals surface area (Å²) >= 11 is 0. The van der Waals surface area contributed by atoms with E-state index < -0.39 is 0 Å². The second kappa shape index (κ2) is 7.35. The molecule has 138 valence electrons. The number of aryl methyl sites for hydroxylation is 1. The fourth-order valence-corrected chi connectivity index (χ4v) is 3.69. The summed E-state index contributed by atoms with van der Waals surface area (Å²) in [6, 6.07) is 7.01. The lowest BCUT2D eigenvalue weighted by molar-refractivity contribution is -0.139. The zero-order chi connectivity index (χ0) is 18.8. The first kappa shape index (κ1) is 17.5. The van der Waals surface area contributed by atoms with Crippen LogP contribution in [0.25, 0.3) is 6.08 Å². The highest BCUT2D eigenvalue weighted by atomic mass is 16.5. The summed E-state index contributed by atoms with van der Waals surface area (Å²) in [5, 5.41) is 0. The second-order valence-corrected chi connectivity index (χ2v) is 7.10. The molecular formula is C22H21NO4. The van der Waals surface area contributed by atoms with Crippen LogP contribution in [0.2, 0.25) is 0 Å². The van der Waals surface area contributed by atoms with Crippen molar-refractivity contribution in [2.45, 2.75) is 39.0 Å². The summed E-state index contributed by atoms with van der Waals surface area (Å²) in [5.41, 5.74) is 2.04. The number of pyridine rings is 1. The van der Waals surface area contributed by atoms with E-state index in [1.807, 2.05) is 13.0 Å². The molecule has 1 aromatic heterocycles. The van der Waals surface area contributed by atoms with Gasteiger partial charge in [0.05, 0.1) is 11.5 Å². The normalized spacial score (nSPS) is 18.3. The number of hydrogen-bond donors (Lipinski definition) is 0. The molecule has 1 aliphatic heterocycles. The van der Waals surface area contributed by atoms with E-state index in [-0.39, 0.29) is 23.4 Å². The Bertz CT molecular complexity index is 911. The average Bonchev–Trinajstić information content (AvgIpc) is 2.99. The van der Waals surface area contributed by atoms with Crippen molar-refractivity contribution in [3.05, 3.63) is 59.1 Å². The van der Waals surface area contributed by atoms with Gasteiger partial charge in [-0.25, -0.2) is 0 Å². The van der Waals surface area contributed by atoms with E-state index in [1.165, 1.54) is 6.42 Å². The van der Waals surface area contributed by atoms with E-state index in [1.54, 1.807) is 36.7 Å². The third kappa shape index (κ3) is 3.63. The molecule has 2 aromatic rings. The molecule has 0 atom stereocenters. The number of nitrogens with zero attached hydrogens (tertiary/aromatic N) is 1. The average molecular weight is 363 g/mol. The Labute approximate surface area is 158 Å². The van der Waals surface area contributed by atoms with Gasteiger partial charge in [0, 0.05) is 18.5 Å². The Kier molecular flexibility index (Phi) is 4.75. The second-order valence-electron chi connectivity index (χ2n) is 7.10. The molecule has 0 bridgehead atoms. The van der Waals surface area contributed by atoms with Gasteiger partial charge in [0.25, 0.3) is 0 Å². The van der Waals surface area contributed by atoms with Gasteiger partial charge in [-0.15, -0.1) is 0 Å². The lowest BCUT2D eigenvalue weighted by Crippen LogP contribution is -2.22. The number of aromatic nitrogens is 1. The standard InChI is InChI=1S/C22H21NO4/c1-14-10-17(26-22(25)16-7-3-2-4-8-16)12-18-20(14)21(24)19(27-18)11-15-6-5-9-23-13-15/h5-6,9-13,16H,2-4,7-8H2,1H3/b19-11-. The van der Waals surface area contributed by atoms with Gasteiger partial charge in [-0.1, -0.05) is 25.3 Å². The van der Waals surface area contributed by atoms with Crippen LogP contribution >= 0.6 is 0 Å². The van der Waals surface area contributed by atoms with E-state index in [4.69, 9.17) is 9.47 Å². The molecule has 1 fully saturated rings. The van der Waals surface area contributed by atoms with Crippen LogP contribution in [0.1, 0.15) is 53.6 Å². The Morgan fingerprint density at radius 2 is 2.07 bits per heavy atom. The molecular weight excluding hydrogens is 342 g/mol. The summed E-state index contributed by atoms with van der Waals surface area (Å²) in [6.07, 6.45) is 10.1. The summed E-state index contributed by atoms with van der Waals surface area (Å²) < 4.78 is 11.4. The Balaban J connectivity index is 1.56. The van der Waals surface area contributed by atoms with Crippen molar-refractivity contribution in [1.82, 2.24) is 4.98 Å². The summed E-state index contributed by atoms with van der Waals surface area (Å²) in [7, 11) is 0. The highest BCUT2D eigenvalue weighted by Crippen LogP contribution is 2.38. The largest absolute Gasteiger partial charge is 0.452 e. The SMILES string of the molecule is Cc1cc(OC(=O)C2CCCCC2)cc2c1C(=O)/C(=C/c1cccnc1)O2. The maximum atomic E-state index is 12.7. The third-order valence-corrected chi connectivity index (χ3v) is 5.08. The quantitative estimate of drug-likeness (QED) is 0.457. The fourth-order valence-electron chi connectivity index (χ4n) is 3.69. The molecule has 27 heavy (non-hydrogen) atoms. The van der Waals surface area contributed by atoms with Crippen LogP contribution in [-0.4, -0.2) is 16.7 Å². The first-order valence-electron chi connectivity index (χ1n) is 9.32. The molecule has 2 aliphatic rings. The number of carbonyl (C=O) groups excluding carboxylic acids is 2. The molecule has 4 rings (SSSR count). The van der Waals surface area contributed by atoms with Gasteiger partial charge in [-0.2, -0.15) is 0 Å². The monoisotopic (exact) mass is 363 g/mol. The number of esters is 1. The third-order valence-electron chi connectivity index (χ3n) is 5.08. The van der Waals surface area contributed by atoms with Crippen LogP contribution in [0.5, 0.6) is 11.5 Å². The van der Waals surface area contributed by atoms with Crippen LogP contribution in [0.15, 0.2) is 42.4 Å². The lowest BCUT2D eigenvalue weighted by atomic mass is 9.89. The molecule has 2 heterocycles. The van der Waals surface area contributed by atoms with E-state index in [2.05, 4.69) is 4.98 Å². The first-order valence-corrected chi connectivity index (χ1v) is 9.32. The van der Waals surface area contributed by atoms with Crippen LogP contribution < -0.4 is 9.47 Å². The van der Waals surface area contributed by atoms with Gasteiger partial charge in [0.15, 0.2) is 5.76 Å². The van der Waals surface area contributed by atoms with Gasteiger partial charge < -0.3 is 9.47 Å². The van der Waals surface area contributed by atoms with Gasteiger partial charge in [-0.05, 0) is 49.1 Å². The summed E-state index contributed by atoms with van der Waals surface area (Å²) in [6.45, 7) is 1.82. The maximum absolute atomic E-state index is 12.7. The van der Waals surface area contributed by atoms with E-state index >= 15 is 0 Å². The topological polar surface area (TPSA) is 65.5 Å². The van der Waals surface area contributed by atoms with Crippen molar-refractivity contribution in [3.63, 3.8) is 0 Å². The van der Waals surface area contributed by atoms with Crippen molar-refractivity contribution in [3.8, 4) is 11.5 Å². The minimum atomic E-state index is -0.190. The minimum Gasteiger partial charge on any atom is -0.452 e. The number of ketones is 1. The van der Waals surface area contributed by atoms with Crippen LogP contribution in [0.3, 0.4) is 0 Å². The van der Waals surface area contributed by atoms with Crippen LogP contribution in [0, 0.1) is 12.8 Å². The highest BCUT2D eigenvalue weighted by Gasteiger charge is 2.31. The van der Waals surface area contributed by atoms with Crippen molar-refractivity contribution in [2.24, 2.45) is 5.92 Å². The number of fused-ring (bicyclic) bond motifs is 1. The number of ether oxygens (including phenoxy) is 2. The minimum absolute atomic E-state index is 0.0316. The predicted octanol–water partition coefficient (Wildman–Crippen LogP) is 4.49. The Morgan fingerprint density at radius 3 is 2.81 bits per heavy atom. The van der Waals surface area contributed by atoms with E-state index in [9.17, 15) is 9.59 Å². The van der Waals surface area contributed by atoms with E-state index in [0.717, 1.165) is 36.8 Å². The number of Topliss-reactive ketones (excluding diaryl/α,β-unsaturated/α-hetero) is 1. The summed E-state index contributed by atoms with van der Waals surface area (Å²) in [4.78, 5) is 29.1. The zero-order valence-corrected chi connectivity index (χ0v) is 15.2. The van der Waals surface area contributed by atoms with Gasteiger partial charge >= 0.3 is 5.97 Å².